The number of nitrogens with zero attached hydrogens (tertiary/aromatic N) is 2. The first-order chi connectivity index (χ1) is 9.63. The Labute approximate surface area is 118 Å². The molecule has 2 amide bonds. The van der Waals surface area contributed by atoms with Crippen molar-refractivity contribution >= 4 is 34.7 Å². The first kappa shape index (κ1) is 12.5. The number of nitrogens with one attached hydrogen (secondary N) is 2. The van der Waals surface area contributed by atoms with Crippen molar-refractivity contribution in [2.24, 2.45) is 0 Å². The monoisotopic (exact) mass is 290 g/mol. The van der Waals surface area contributed by atoms with E-state index in [0.29, 0.717) is 27.7 Å². The largest absolute Gasteiger partial charge is 0.482 e. The Morgan fingerprint density at radius 1 is 1.50 bits per heavy atom. The quantitative estimate of drug-likeness (QED) is 0.872. The highest BCUT2D eigenvalue weighted by atomic mass is 32.1. The second-order valence-corrected chi connectivity index (χ2v) is 4.94. The summed E-state index contributed by atoms with van der Waals surface area (Å²) in [6.07, 6.45) is 0. The average molecular weight is 290 g/mol. The topological polar surface area (TPSA) is 93.2 Å². The smallest absolute Gasteiger partial charge is 0.269 e. The van der Waals surface area contributed by atoms with Gasteiger partial charge >= 0.3 is 0 Å². The van der Waals surface area contributed by atoms with Crippen molar-refractivity contribution in [2.45, 2.75) is 6.92 Å². The fourth-order valence-electron chi connectivity index (χ4n) is 1.78. The highest BCUT2D eigenvalue weighted by Gasteiger charge is 2.18. The van der Waals surface area contributed by atoms with Crippen molar-refractivity contribution in [3.63, 3.8) is 0 Å². The number of amides is 2. The molecule has 2 N–H and O–H groups in total. The molecule has 2 heterocycles. The molecule has 1 aliphatic heterocycles. The van der Waals surface area contributed by atoms with E-state index in [1.54, 1.807) is 25.1 Å². The standard InChI is InChI=1S/C12H10N4O3S/c1-6-11(20-16-15-6)12(18)13-7-2-3-8-9(4-7)19-5-10(17)14-8/h2-4H,5H2,1H3,(H,13,18)(H,14,17). The average Bonchev–Trinajstić information content (AvgIpc) is 2.85. The van der Waals surface area contributed by atoms with Crippen LogP contribution in [0.1, 0.15) is 15.4 Å². The van der Waals surface area contributed by atoms with E-state index in [-0.39, 0.29) is 18.4 Å². The minimum absolute atomic E-state index is 0.0255. The zero-order valence-electron chi connectivity index (χ0n) is 10.5. The summed E-state index contributed by atoms with van der Waals surface area (Å²) >= 11 is 1.04. The van der Waals surface area contributed by atoms with E-state index in [2.05, 4.69) is 20.2 Å². The number of carbonyl (C=O) groups is 2. The maximum atomic E-state index is 12.0. The van der Waals surface area contributed by atoms with Crippen molar-refractivity contribution in [2.75, 3.05) is 17.2 Å². The molecular formula is C12H10N4O3S. The lowest BCUT2D eigenvalue weighted by molar-refractivity contribution is -0.118. The molecule has 0 fully saturated rings. The normalized spacial score (nSPS) is 13.2. The fraction of sp³-hybridized carbons (Fsp3) is 0.167. The van der Waals surface area contributed by atoms with Gasteiger partial charge in [-0.15, -0.1) is 5.10 Å². The molecule has 102 valence electrons. The summed E-state index contributed by atoms with van der Waals surface area (Å²) in [6.45, 7) is 1.70. The Bertz CT molecular complexity index is 698. The van der Waals surface area contributed by atoms with Gasteiger partial charge < -0.3 is 15.4 Å². The number of rotatable bonds is 2. The number of carbonyl (C=O) groups excluding carboxylic acids is 2. The predicted octanol–water partition coefficient (Wildman–Crippen LogP) is 1.43. The van der Waals surface area contributed by atoms with Crippen LogP contribution in [0.15, 0.2) is 18.2 Å². The molecule has 0 radical (unpaired) electrons. The second-order valence-electron chi connectivity index (χ2n) is 4.19. The van der Waals surface area contributed by atoms with Crippen molar-refractivity contribution in [3.8, 4) is 5.75 Å². The van der Waals surface area contributed by atoms with Crippen molar-refractivity contribution in [3.05, 3.63) is 28.8 Å². The van der Waals surface area contributed by atoms with Crippen molar-refractivity contribution < 1.29 is 14.3 Å². The van der Waals surface area contributed by atoms with Gasteiger partial charge in [-0.2, -0.15) is 0 Å². The molecule has 8 heteroatoms. The first-order valence-electron chi connectivity index (χ1n) is 5.80. The number of fused-ring (bicyclic) bond motifs is 1. The summed E-state index contributed by atoms with van der Waals surface area (Å²) in [5, 5.41) is 9.22. The van der Waals surface area contributed by atoms with E-state index >= 15 is 0 Å². The highest BCUT2D eigenvalue weighted by Crippen LogP contribution is 2.30. The molecule has 7 nitrogen and oxygen atoms in total. The van der Waals surface area contributed by atoms with Gasteiger partial charge in [0.25, 0.3) is 11.8 Å². The highest BCUT2D eigenvalue weighted by molar-refractivity contribution is 7.08. The molecule has 0 unspecified atom stereocenters. The number of anilines is 2. The minimum atomic E-state index is -0.266. The van der Waals surface area contributed by atoms with Gasteiger partial charge in [-0.05, 0) is 30.6 Å². The van der Waals surface area contributed by atoms with Crippen LogP contribution in [-0.2, 0) is 4.79 Å². The van der Waals surface area contributed by atoms with E-state index in [9.17, 15) is 9.59 Å². The van der Waals surface area contributed by atoms with Crippen LogP contribution >= 0.6 is 11.5 Å². The third-order valence-corrected chi connectivity index (χ3v) is 3.56. The molecule has 0 spiro atoms. The van der Waals surface area contributed by atoms with Crippen LogP contribution < -0.4 is 15.4 Å². The Balaban J connectivity index is 1.80. The third-order valence-electron chi connectivity index (χ3n) is 2.73. The van der Waals surface area contributed by atoms with Crippen LogP contribution in [0, 0.1) is 6.92 Å². The number of hydrogen-bond acceptors (Lipinski definition) is 6. The van der Waals surface area contributed by atoms with Crippen LogP contribution in [-0.4, -0.2) is 28.0 Å². The zero-order chi connectivity index (χ0) is 14.1. The molecule has 0 saturated heterocycles. The summed E-state index contributed by atoms with van der Waals surface area (Å²) in [4.78, 5) is 23.7. The molecule has 1 aromatic carbocycles. The molecule has 1 aliphatic rings. The van der Waals surface area contributed by atoms with Gasteiger partial charge in [0.1, 0.15) is 10.6 Å². The zero-order valence-corrected chi connectivity index (χ0v) is 11.3. The van der Waals surface area contributed by atoms with Gasteiger partial charge in [0.15, 0.2) is 6.61 Å². The van der Waals surface area contributed by atoms with E-state index in [1.165, 1.54) is 0 Å². The molecule has 3 rings (SSSR count). The summed E-state index contributed by atoms with van der Waals surface area (Å²) in [5.41, 5.74) is 1.77. The van der Waals surface area contributed by atoms with Crippen LogP contribution in [0.2, 0.25) is 0 Å². The SMILES string of the molecule is Cc1nnsc1C(=O)Nc1ccc2c(c1)OCC(=O)N2. The number of ether oxygens (including phenoxy) is 1. The molecule has 1 aromatic heterocycles. The van der Waals surface area contributed by atoms with Gasteiger partial charge in [0.05, 0.1) is 11.4 Å². The number of aryl methyl sites for hydroxylation is 1. The lowest BCUT2D eigenvalue weighted by atomic mass is 10.2. The maximum Gasteiger partial charge on any atom is 0.269 e. The lowest BCUT2D eigenvalue weighted by Gasteiger charge is -2.18. The summed E-state index contributed by atoms with van der Waals surface area (Å²) in [6, 6.07) is 5.03. The predicted molar refractivity (Wildman–Crippen MR) is 73.2 cm³/mol. The lowest BCUT2D eigenvalue weighted by Crippen LogP contribution is -2.25. The van der Waals surface area contributed by atoms with E-state index in [0.717, 1.165) is 11.5 Å². The summed E-state index contributed by atoms with van der Waals surface area (Å²) in [7, 11) is 0. The van der Waals surface area contributed by atoms with E-state index in [4.69, 9.17) is 4.74 Å². The van der Waals surface area contributed by atoms with Crippen LogP contribution in [0.5, 0.6) is 5.75 Å². The Hall–Kier alpha value is -2.48. The van der Waals surface area contributed by atoms with Crippen molar-refractivity contribution in [1.82, 2.24) is 9.59 Å². The number of benzene rings is 1. The van der Waals surface area contributed by atoms with Gasteiger partial charge in [0, 0.05) is 11.8 Å². The number of aromatic nitrogens is 2. The second kappa shape index (κ2) is 4.89. The Kier molecular flexibility index (Phi) is 3.07. The van der Waals surface area contributed by atoms with E-state index < -0.39 is 0 Å². The molecule has 2 aromatic rings. The Morgan fingerprint density at radius 3 is 3.10 bits per heavy atom. The molecule has 0 aliphatic carbocycles. The molecule has 0 bridgehead atoms. The minimum Gasteiger partial charge on any atom is -0.482 e. The maximum absolute atomic E-state index is 12.0. The first-order valence-corrected chi connectivity index (χ1v) is 6.58. The van der Waals surface area contributed by atoms with Gasteiger partial charge in [0.2, 0.25) is 0 Å². The molecular weight excluding hydrogens is 280 g/mol. The van der Waals surface area contributed by atoms with Gasteiger partial charge in [-0.1, -0.05) is 4.49 Å². The molecule has 0 atom stereocenters. The van der Waals surface area contributed by atoms with Gasteiger partial charge in [-0.25, -0.2) is 0 Å². The molecule has 20 heavy (non-hydrogen) atoms. The van der Waals surface area contributed by atoms with Crippen LogP contribution in [0.3, 0.4) is 0 Å². The Morgan fingerprint density at radius 2 is 2.35 bits per heavy atom. The summed E-state index contributed by atoms with van der Waals surface area (Å²) in [5.74, 6) is 0.0690. The van der Waals surface area contributed by atoms with E-state index in [1.807, 2.05) is 0 Å². The third kappa shape index (κ3) is 2.32. The van der Waals surface area contributed by atoms with Gasteiger partial charge in [-0.3, -0.25) is 9.59 Å². The van der Waals surface area contributed by atoms with Crippen LogP contribution in [0.25, 0.3) is 0 Å². The molecule has 0 saturated carbocycles. The fourth-order valence-corrected chi connectivity index (χ4v) is 2.33. The number of hydrogen-bond donors (Lipinski definition) is 2. The van der Waals surface area contributed by atoms with Crippen molar-refractivity contribution in [1.29, 1.82) is 0 Å². The summed E-state index contributed by atoms with van der Waals surface area (Å²) < 4.78 is 9.01. The van der Waals surface area contributed by atoms with Crippen LogP contribution in [0.4, 0.5) is 11.4 Å².